The second-order valence-corrected chi connectivity index (χ2v) is 6.28. The lowest BCUT2D eigenvalue weighted by Crippen LogP contribution is -2.31. The van der Waals surface area contributed by atoms with E-state index in [9.17, 15) is 9.18 Å². The number of aryl methyl sites for hydroxylation is 1. The van der Waals surface area contributed by atoms with E-state index in [0.29, 0.717) is 18.9 Å². The first-order chi connectivity index (χ1) is 12.6. The number of nitrogens with one attached hydrogen (secondary N) is 2. The Balaban J connectivity index is 1.51. The molecule has 1 fully saturated rings. The van der Waals surface area contributed by atoms with Crippen LogP contribution in [0.1, 0.15) is 35.4 Å². The fourth-order valence-corrected chi connectivity index (χ4v) is 2.93. The molecule has 0 radical (unpaired) electrons. The molecular weight excluding hydrogens is 335 g/mol. The quantitative estimate of drug-likeness (QED) is 0.770. The van der Waals surface area contributed by atoms with Crippen molar-refractivity contribution in [2.24, 2.45) is 0 Å². The largest absolute Gasteiger partial charge is 0.368 e. The van der Waals surface area contributed by atoms with Gasteiger partial charge in [-0.3, -0.25) is 9.78 Å². The highest BCUT2D eigenvalue weighted by atomic mass is 19.1. The van der Waals surface area contributed by atoms with E-state index in [0.717, 1.165) is 37.0 Å². The monoisotopic (exact) mass is 358 g/mol. The number of halogens is 1. The van der Waals surface area contributed by atoms with Crippen molar-refractivity contribution >= 4 is 17.5 Å². The van der Waals surface area contributed by atoms with E-state index < -0.39 is 5.82 Å². The molecule has 1 aliphatic heterocycles. The fourth-order valence-electron chi connectivity index (χ4n) is 2.93. The summed E-state index contributed by atoms with van der Waals surface area (Å²) in [5.41, 5.74) is 0.204. The summed E-state index contributed by atoms with van der Waals surface area (Å²) in [6, 6.07) is 3.10. The molecule has 3 heterocycles. The maximum Gasteiger partial charge on any atom is 0.253 e. The standard InChI is InChI=1S/C18H23FN6O/c1-13-23-16(10-17(24-13)25-7-3-2-4-8-25)21-5-6-22-18(26)14-9-15(19)12-20-11-14/h9-12H,2-8H2,1H3,(H,22,26)(H,21,23,24). The lowest BCUT2D eigenvalue weighted by Gasteiger charge is -2.28. The number of hydrogen-bond acceptors (Lipinski definition) is 6. The number of carbonyl (C=O) groups excluding carboxylic acids is 1. The number of nitrogens with zero attached hydrogens (tertiary/aromatic N) is 4. The first-order valence-corrected chi connectivity index (χ1v) is 8.85. The first-order valence-electron chi connectivity index (χ1n) is 8.85. The lowest BCUT2D eigenvalue weighted by atomic mass is 10.1. The topological polar surface area (TPSA) is 83.0 Å². The minimum atomic E-state index is -0.530. The summed E-state index contributed by atoms with van der Waals surface area (Å²) in [4.78, 5) is 26.8. The summed E-state index contributed by atoms with van der Waals surface area (Å²) in [6.45, 7) is 4.81. The van der Waals surface area contributed by atoms with Crippen LogP contribution in [0.5, 0.6) is 0 Å². The number of anilines is 2. The maximum atomic E-state index is 13.1. The molecule has 0 aliphatic carbocycles. The smallest absolute Gasteiger partial charge is 0.253 e. The molecular formula is C18H23FN6O. The number of pyridine rings is 1. The zero-order chi connectivity index (χ0) is 18.4. The molecule has 138 valence electrons. The van der Waals surface area contributed by atoms with Crippen molar-refractivity contribution in [3.05, 3.63) is 41.7 Å². The summed E-state index contributed by atoms with van der Waals surface area (Å²) < 4.78 is 13.1. The molecule has 2 aromatic heterocycles. The van der Waals surface area contributed by atoms with Crippen LogP contribution in [0.25, 0.3) is 0 Å². The number of piperidine rings is 1. The van der Waals surface area contributed by atoms with Gasteiger partial charge in [0.05, 0.1) is 11.8 Å². The van der Waals surface area contributed by atoms with Crippen molar-refractivity contribution in [3.63, 3.8) is 0 Å². The van der Waals surface area contributed by atoms with Gasteiger partial charge in [0.2, 0.25) is 0 Å². The summed E-state index contributed by atoms with van der Waals surface area (Å²) in [6.07, 6.45) is 6.05. The molecule has 0 atom stereocenters. The number of carbonyl (C=O) groups is 1. The molecule has 0 unspecified atom stereocenters. The third kappa shape index (κ3) is 4.87. The van der Waals surface area contributed by atoms with Crippen LogP contribution in [0.15, 0.2) is 24.5 Å². The maximum absolute atomic E-state index is 13.1. The molecule has 8 heteroatoms. The van der Waals surface area contributed by atoms with E-state index in [2.05, 4.69) is 30.5 Å². The Hall–Kier alpha value is -2.77. The Morgan fingerprint density at radius 1 is 1.15 bits per heavy atom. The summed E-state index contributed by atoms with van der Waals surface area (Å²) in [5.74, 6) is 1.50. The Kier molecular flexibility index (Phi) is 5.93. The van der Waals surface area contributed by atoms with E-state index in [1.807, 2.05) is 13.0 Å². The molecule has 2 N–H and O–H groups in total. The van der Waals surface area contributed by atoms with E-state index in [-0.39, 0.29) is 11.5 Å². The lowest BCUT2D eigenvalue weighted by molar-refractivity contribution is 0.0954. The Morgan fingerprint density at radius 2 is 1.96 bits per heavy atom. The average Bonchev–Trinajstić information content (AvgIpc) is 2.65. The van der Waals surface area contributed by atoms with Crippen molar-refractivity contribution in [1.82, 2.24) is 20.3 Å². The summed E-state index contributed by atoms with van der Waals surface area (Å²) in [5, 5.41) is 5.93. The second kappa shape index (κ2) is 8.55. The summed E-state index contributed by atoms with van der Waals surface area (Å²) >= 11 is 0. The zero-order valence-corrected chi connectivity index (χ0v) is 14.8. The van der Waals surface area contributed by atoms with Gasteiger partial charge in [-0.05, 0) is 32.3 Å². The minimum Gasteiger partial charge on any atom is -0.368 e. The second-order valence-electron chi connectivity index (χ2n) is 6.28. The summed E-state index contributed by atoms with van der Waals surface area (Å²) in [7, 11) is 0. The van der Waals surface area contributed by atoms with Gasteiger partial charge in [0.25, 0.3) is 5.91 Å². The predicted octanol–water partition coefficient (Wildman–Crippen LogP) is 2.15. The molecule has 1 aliphatic rings. The highest BCUT2D eigenvalue weighted by molar-refractivity contribution is 5.93. The van der Waals surface area contributed by atoms with Crippen LogP contribution in [0.4, 0.5) is 16.0 Å². The number of amides is 1. The van der Waals surface area contributed by atoms with Gasteiger partial charge in [-0.2, -0.15) is 0 Å². The number of rotatable bonds is 6. The van der Waals surface area contributed by atoms with E-state index in [1.165, 1.54) is 25.5 Å². The Labute approximate surface area is 152 Å². The van der Waals surface area contributed by atoms with Crippen LogP contribution in [0, 0.1) is 12.7 Å². The van der Waals surface area contributed by atoms with Crippen LogP contribution >= 0.6 is 0 Å². The average molecular weight is 358 g/mol. The molecule has 2 aromatic rings. The molecule has 7 nitrogen and oxygen atoms in total. The molecule has 0 spiro atoms. The van der Waals surface area contributed by atoms with Gasteiger partial charge in [0.1, 0.15) is 23.3 Å². The third-order valence-corrected chi connectivity index (χ3v) is 4.19. The predicted molar refractivity (Wildman–Crippen MR) is 97.9 cm³/mol. The van der Waals surface area contributed by atoms with Crippen molar-refractivity contribution < 1.29 is 9.18 Å². The molecule has 26 heavy (non-hydrogen) atoms. The number of aromatic nitrogens is 3. The highest BCUT2D eigenvalue weighted by Crippen LogP contribution is 2.20. The minimum absolute atomic E-state index is 0.204. The van der Waals surface area contributed by atoms with E-state index in [4.69, 9.17) is 0 Å². The normalized spacial score (nSPS) is 14.2. The van der Waals surface area contributed by atoms with E-state index >= 15 is 0 Å². The van der Waals surface area contributed by atoms with Gasteiger partial charge in [-0.1, -0.05) is 0 Å². The van der Waals surface area contributed by atoms with Crippen LogP contribution in [-0.2, 0) is 0 Å². The molecule has 0 bridgehead atoms. The highest BCUT2D eigenvalue weighted by Gasteiger charge is 2.13. The molecule has 1 saturated heterocycles. The Morgan fingerprint density at radius 3 is 2.73 bits per heavy atom. The van der Waals surface area contributed by atoms with Crippen LogP contribution in [-0.4, -0.2) is 47.0 Å². The third-order valence-electron chi connectivity index (χ3n) is 4.19. The van der Waals surface area contributed by atoms with Crippen molar-refractivity contribution in [2.75, 3.05) is 36.4 Å². The van der Waals surface area contributed by atoms with Gasteiger partial charge >= 0.3 is 0 Å². The van der Waals surface area contributed by atoms with Crippen LogP contribution in [0.2, 0.25) is 0 Å². The molecule has 0 saturated carbocycles. The van der Waals surface area contributed by atoms with Gasteiger partial charge in [0.15, 0.2) is 0 Å². The van der Waals surface area contributed by atoms with Gasteiger partial charge in [-0.25, -0.2) is 14.4 Å². The van der Waals surface area contributed by atoms with Crippen molar-refractivity contribution in [3.8, 4) is 0 Å². The number of hydrogen-bond donors (Lipinski definition) is 2. The van der Waals surface area contributed by atoms with Gasteiger partial charge in [-0.15, -0.1) is 0 Å². The van der Waals surface area contributed by atoms with Crippen LogP contribution in [0.3, 0.4) is 0 Å². The SMILES string of the molecule is Cc1nc(NCCNC(=O)c2cncc(F)c2)cc(N2CCCCC2)n1. The van der Waals surface area contributed by atoms with Crippen LogP contribution < -0.4 is 15.5 Å². The van der Waals surface area contributed by atoms with Gasteiger partial charge < -0.3 is 15.5 Å². The van der Waals surface area contributed by atoms with Crippen molar-refractivity contribution in [2.45, 2.75) is 26.2 Å². The molecule has 0 aromatic carbocycles. The zero-order valence-electron chi connectivity index (χ0n) is 14.8. The van der Waals surface area contributed by atoms with Crippen molar-refractivity contribution in [1.29, 1.82) is 0 Å². The Bertz CT molecular complexity index is 763. The molecule has 3 rings (SSSR count). The fraction of sp³-hybridized carbons (Fsp3) is 0.444. The molecule has 1 amide bonds. The van der Waals surface area contributed by atoms with E-state index in [1.54, 1.807) is 0 Å². The van der Waals surface area contributed by atoms with Gasteiger partial charge in [0, 0.05) is 38.4 Å². The first kappa shape index (κ1) is 18.0.